The second kappa shape index (κ2) is 5.42. The molecule has 1 aromatic rings. The van der Waals surface area contributed by atoms with E-state index in [1.165, 1.54) is 0 Å². The van der Waals surface area contributed by atoms with Crippen LogP contribution in [0, 0.1) is 12.3 Å². The van der Waals surface area contributed by atoms with Crippen molar-refractivity contribution in [3.63, 3.8) is 0 Å². The number of benzene rings is 1. The molecule has 1 fully saturated rings. The third-order valence-electron chi connectivity index (χ3n) is 3.01. The van der Waals surface area contributed by atoms with E-state index < -0.39 is 10.0 Å². The Morgan fingerprint density at radius 1 is 1.33 bits per heavy atom. The highest BCUT2D eigenvalue weighted by molar-refractivity contribution is 7.93. The Kier molecular flexibility index (Phi) is 3.90. The molecule has 5 heteroatoms. The summed E-state index contributed by atoms with van der Waals surface area (Å²) in [7, 11) is -3.32. The summed E-state index contributed by atoms with van der Waals surface area (Å²) in [6.45, 7) is 1.49. The number of hydrogen-bond acceptors (Lipinski definition) is 3. The maximum atomic E-state index is 12.2. The highest BCUT2D eigenvalue weighted by atomic mass is 32.2. The number of anilines is 1. The molecule has 4 nitrogen and oxygen atoms in total. The van der Waals surface area contributed by atoms with Crippen molar-refractivity contribution in [3.05, 3.63) is 29.8 Å². The van der Waals surface area contributed by atoms with Crippen LogP contribution >= 0.6 is 0 Å². The second-order valence-corrected chi connectivity index (χ2v) is 6.28. The molecule has 2 N–H and O–H groups in total. The standard InChI is InChI=1S/C13H16N2O2S/c1-2-11-4-3-5-12(10-11)15-18(16,17)13-6-8-14-9-7-13/h1,3-5,10,13-15H,6-9H2. The molecule has 96 valence electrons. The fourth-order valence-electron chi connectivity index (χ4n) is 2.03. The Morgan fingerprint density at radius 2 is 2.06 bits per heavy atom. The van der Waals surface area contributed by atoms with E-state index in [4.69, 9.17) is 6.42 Å². The van der Waals surface area contributed by atoms with Gasteiger partial charge < -0.3 is 5.32 Å². The summed E-state index contributed by atoms with van der Waals surface area (Å²) >= 11 is 0. The van der Waals surface area contributed by atoms with E-state index in [1.807, 2.05) is 0 Å². The molecule has 1 saturated heterocycles. The van der Waals surface area contributed by atoms with Gasteiger partial charge in [0.05, 0.1) is 5.25 Å². The summed E-state index contributed by atoms with van der Waals surface area (Å²) in [5, 5.41) is 2.82. The van der Waals surface area contributed by atoms with Crippen molar-refractivity contribution in [2.75, 3.05) is 17.8 Å². The number of piperidine rings is 1. The highest BCUT2D eigenvalue weighted by Crippen LogP contribution is 2.18. The van der Waals surface area contributed by atoms with Gasteiger partial charge in [-0.3, -0.25) is 4.72 Å². The third-order valence-corrected chi connectivity index (χ3v) is 4.88. The Morgan fingerprint density at radius 3 is 2.72 bits per heavy atom. The fraction of sp³-hybridized carbons (Fsp3) is 0.385. The second-order valence-electron chi connectivity index (χ2n) is 4.32. The third kappa shape index (κ3) is 3.03. The van der Waals surface area contributed by atoms with E-state index in [0.29, 0.717) is 24.1 Å². The zero-order valence-electron chi connectivity index (χ0n) is 10.0. The van der Waals surface area contributed by atoms with Gasteiger partial charge in [0.1, 0.15) is 0 Å². The van der Waals surface area contributed by atoms with Crippen LogP contribution in [0.5, 0.6) is 0 Å². The molecule has 1 aliphatic rings. The van der Waals surface area contributed by atoms with E-state index in [-0.39, 0.29) is 5.25 Å². The van der Waals surface area contributed by atoms with Gasteiger partial charge in [0, 0.05) is 11.3 Å². The zero-order chi connectivity index (χ0) is 13.0. The number of sulfonamides is 1. The minimum atomic E-state index is -3.32. The van der Waals surface area contributed by atoms with Crippen molar-refractivity contribution < 1.29 is 8.42 Å². The van der Waals surface area contributed by atoms with Gasteiger partial charge in [0.2, 0.25) is 10.0 Å². The quantitative estimate of drug-likeness (QED) is 0.806. The molecule has 0 spiro atoms. The maximum Gasteiger partial charge on any atom is 0.235 e. The van der Waals surface area contributed by atoms with E-state index >= 15 is 0 Å². The predicted octanol–water partition coefficient (Wildman–Crippen LogP) is 1.16. The van der Waals surface area contributed by atoms with Gasteiger partial charge in [0.25, 0.3) is 0 Å². The number of rotatable bonds is 3. The van der Waals surface area contributed by atoms with Crippen molar-refractivity contribution in [1.82, 2.24) is 5.32 Å². The van der Waals surface area contributed by atoms with Gasteiger partial charge in [0.15, 0.2) is 0 Å². The first-order valence-corrected chi connectivity index (χ1v) is 7.45. The van der Waals surface area contributed by atoms with Crippen molar-refractivity contribution in [1.29, 1.82) is 0 Å². The van der Waals surface area contributed by atoms with Gasteiger partial charge in [-0.25, -0.2) is 8.42 Å². The molecule has 0 amide bonds. The summed E-state index contributed by atoms with van der Waals surface area (Å²) in [5.41, 5.74) is 1.20. The largest absolute Gasteiger partial charge is 0.317 e. The summed E-state index contributed by atoms with van der Waals surface area (Å²) < 4.78 is 26.9. The Bertz CT molecular complexity index is 555. The first kappa shape index (κ1) is 12.9. The van der Waals surface area contributed by atoms with Crippen LogP contribution in [0.15, 0.2) is 24.3 Å². The molecule has 0 aromatic heterocycles. The number of nitrogens with one attached hydrogen (secondary N) is 2. The lowest BCUT2D eigenvalue weighted by Crippen LogP contribution is -2.38. The van der Waals surface area contributed by atoms with Crippen molar-refractivity contribution >= 4 is 15.7 Å². The van der Waals surface area contributed by atoms with Crippen LogP contribution in [-0.4, -0.2) is 26.8 Å². The van der Waals surface area contributed by atoms with E-state index in [0.717, 1.165) is 13.1 Å². The van der Waals surface area contributed by atoms with Crippen molar-refractivity contribution in [3.8, 4) is 12.3 Å². The molecular formula is C13H16N2O2S. The molecule has 0 bridgehead atoms. The SMILES string of the molecule is C#Cc1cccc(NS(=O)(=O)C2CCNCC2)c1. The number of terminal acetylenes is 1. The topological polar surface area (TPSA) is 58.2 Å². The van der Waals surface area contributed by atoms with Crippen molar-refractivity contribution in [2.24, 2.45) is 0 Å². The molecule has 0 atom stereocenters. The smallest absolute Gasteiger partial charge is 0.235 e. The monoisotopic (exact) mass is 264 g/mol. The zero-order valence-corrected chi connectivity index (χ0v) is 10.8. The number of hydrogen-bond donors (Lipinski definition) is 2. The Hall–Kier alpha value is -1.51. The van der Waals surface area contributed by atoms with Gasteiger partial charge >= 0.3 is 0 Å². The first-order chi connectivity index (χ1) is 8.62. The van der Waals surface area contributed by atoms with Gasteiger partial charge in [-0.1, -0.05) is 12.0 Å². The molecule has 1 aliphatic heterocycles. The normalized spacial score (nSPS) is 17.1. The van der Waals surface area contributed by atoms with Crippen LogP contribution in [0.25, 0.3) is 0 Å². The minimum Gasteiger partial charge on any atom is -0.317 e. The molecular weight excluding hydrogens is 248 g/mol. The van der Waals surface area contributed by atoms with Crippen LogP contribution in [0.4, 0.5) is 5.69 Å². The van der Waals surface area contributed by atoms with Gasteiger partial charge in [-0.2, -0.15) is 0 Å². The average molecular weight is 264 g/mol. The van der Waals surface area contributed by atoms with E-state index in [1.54, 1.807) is 24.3 Å². The fourth-order valence-corrected chi connectivity index (χ4v) is 3.50. The van der Waals surface area contributed by atoms with Crippen molar-refractivity contribution in [2.45, 2.75) is 18.1 Å². The van der Waals surface area contributed by atoms with Crippen LogP contribution in [0.1, 0.15) is 18.4 Å². The minimum absolute atomic E-state index is 0.326. The van der Waals surface area contributed by atoms with Crippen LogP contribution in [-0.2, 0) is 10.0 Å². The summed E-state index contributed by atoms with van der Waals surface area (Å²) in [6.07, 6.45) is 6.58. The average Bonchev–Trinajstić information content (AvgIpc) is 2.39. The predicted molar refractivity (Wildman–Crippen MR) is 72.8 cm³/mol. The van der Waals surface area contributed by atoms with Gasteiger partial charge in [-0.05, 0) is 44.1 Å². The molecule has 0 unspecified atom stereocenters. The molecule has 0 aliphatic carbocycles. The Labute approximate surface area is 108 Å². The summed E-state index contributed by atoms with van der Waals surface area (Å²) in [6, 6.07) is 6.88. The van der Waals surface area contributed by atoms with Crippen LogP contribution in [0.3, 0.4) is 0 Å². The molecule has 0 saturated carbocycles. The summed E-state index contributed by atoms with van der Waals surface area (Å²) in [5.74, 6) is 2.49. The van der Waals surface area contributed by atoms with E-state index in [2.05, 4.69) is 16.0 Å². The van der Waals surface area contributed by atoms with E-state index in [9.17, 15) is 8.42 Å². The first-order valence-electron chi connectivity index (χ1n) is 5.91. The van der Waals surface area contributed by atoms with Crippen LogP contribution < -0.4 is 10.0 Å². The maximum absolute atomic E-state index is 12.2. The Balaban J connectivity index is 2.14. The molecule has 2 rings (SSSR count). The lowest BCUT2D eigenvalue weighted by Gasteiger charge is -2.23. The summed E-state index contributed by atoms with van der Waals surface area (Å²) in [4.78, 5) is 0. The highest BCUT2D eigenvalue weighted by Gasteiger charge is 2.26. The molecule has 0 radical (unpaired) electrons. The van der Waals surface area contributed by atoms with Gasteiger partial charge in [-0.15, -0.1) is 6.42 Å². The van der Waals surface area contributed by atoms with Crippen LogP contribution in [0.2, 0.25) is 0 Å². The molecule has 1 aromatic carbocycles. The molecule has 18 heavy (non-hydrogen) atoms. The lowest BCUT2D eigenvalue weighted by atomic mass is 10.2. The lowest BCUT2D eigenvalue weighted by molar-refractivity contribution is 0.499. The molecule has 1 heterocycles.